The Morgan fingerprint density at radius 2 is 2.20 bits per heavy atom. The number of anilines is 1. The van der Waals surface area contributed by atoms with Crippen molar-refractivity contribution < 1.29 is 0 Å². The number of aromatic nitrogens is 3. The number of imidazole rings is 1. The highest BCUT2D eigenvalue weighted by molar-refractivity contribution is 6.67. The molecule has 2 atom stereocenters. The molecule has 2 unspecified atom stereocenters. The summed E-state index contributed by atoms with van der Waals surface area (Å²) in [5.74, 6) is 3.25. The third-order valence-corrected chi connectivity index (χ3v) is 5.19. The van der Waals surface area contributed by atoms with E-state index in [1.807, 2.05) is 12.3 Å². The Balaban J connectivity index is 1.52. The van der Waals surface area contributed by atoms with Crippen LogP contribution in [0.2, 0.25) is 0 Å². The summed E-state index contributed by atoms with van der Waals surface area (Å²) in [6.07, 6.45) is 8.08. The van der Waals surface area contributed by atoms with E-state index in [0.29, 0.717) is 5.82 Å². The van der Waals surface area contributed by atoms with Gasteiger partial charge in [0.15, 0.2) is 0 Å². The molecular weight excluding hydrogens is 336 g/mol. The van der Waals surface area contributed by atoms with Crippen molar-refractivity contribution in [3.8, 4) is 11.3 Å². The number of allylic oxidation sites excluding steroid dienone is 1. The predicted molar refractivity (Wildman–Crippen MR) is 101 cm³/mol. The van der Waals surface area contributed by atoms with Crippen molar-refractivity contribution in [1.29, 1.82) is 5.41 Å². The van der Waals surface area contributed by atoms with Crippen molar-refractivity contribution in [2.24, 2.45) is 11.8 Å². The minimum Gasteiger partial charge on any atom is -0.356 e. The van der Waals surface area contributed by atoms with Gasteiger partial charge in [-0.2, -0.15) is 0 Å². The first-order valence-electron chi connectivity index (χ1n) is 8.58. The number of nitrogens with zero attached hydrogens (tertiary/aromatic N) is 3. The second-order valence-electron chi connectivity index (χ2n) is 6.68. The van der Waals surface area contributed by atoms with E-state index in [1.54, 1.807) is 12.3 Å². The third-order valence-electron chi connectivity index (χ3n) is 5.07. The van der Waals surface area contributed by atoms with Crippen LogP contribution >= 0.6 is 11.6 Å². The fraction of sp³-hybridized carbons (Fsp3) is 0.389. The average molecular weight is 357 g/mol. The van der Waals surface area contributed by atoms with Gasteiger partial charge in [0.1, 0.15) is 16.8 Å². The molecule has 2 aromatic heterocycles. The minimum absolute atomic E-state index is 0.0195. The minimum atomic E-state index is -0.0195. The van der Waals surface area contributed by atoms with Crippen LogP contribution in [0.5, 0.6) is 0 Å². The van der Waals surface area contributed by atoms with Crippen LogP contribution in [0, 0.1) is 17.2 Å². The van der Waals surface area contributed by atoms with Gasteiger partial charge in [-0.05, 0) is 55.6 Å². The molecule has 4 rings (SSSR count). The summed E-state index contributed by atoms with van der Waals surface area (Å²) in [5.41, 5.74) is 1.99. The standard InChI is InChI=1S/C18H21ClN6/c19-16(20)1-2-17-23-10-15(24-17)12-3-5-22-18(7-12)25-6-4-13-8-21-9-14(13)11-25/h1-3,5,7,10,13-14,20-21H,4,6,8-9,11H2,(H,23,24)/b2-1-,20-16?. The molecule has 0 amide bonds. The Hall–Kier alpha value is -2.18. The molecule has 2 aliphatic rings. The van der Waals surface area contributed by atoms with Crippen LogP contribution in [-0.2, 0) is 0 Å². The lowest BCUT2D eigenvalue weighted by atomic mass is 9.89. The lowest BCUT2D eigenvalue weighted by Crippen LogP contribution is -2.40. The number of pyridine rings is 1. The molecule has 130 valence electrons. The van der Waals surface area contributed by atoms with Crippen LogP contribution in [0.25, 0.3) is 17.3 Å². The molecule has 2 saturated heterocycles. The molecule has 4 heterocycles. The topological polar surface area (TPSA) is 80.7 Å². The van der Waals surface area contributed by atoms with Crippen LogP contribution in [0.15, 0.2) is 30.6 Å². The zero-order valence-corrected chi connectivity index (χ0v) is 14.6. The van der Waals surface area contributed by atoms with E-state index < -0.39 is 0 Å². The van der Waals surface area contributed by atoms with E-state index in [1.165, 1.54) is 12.5 Å². The summed E-state index contributed by atoms with van der Waals surface area (Å²) >= 11 is 5.53. The molecule has 3 N–H and O–H groups in total. The van der Waals surface area contributed by atoms with Crippen LogP contribution in [0.1, 0.15) is 12.2 Å². The van der Waals surface area contributed by atoms with Crippen molar-refractivity contribution >= 4 is 28.7 Å². The Morgan fingerprint density at radius 1 is 1.32 bits per heavy atom. The van der Waals surface area contributed by atoms with E-state index in [9.17, 15) is 0 Å². The predicted octanol–water partition coefficient (Wildman–Crippen LogP) is 2.75. The third kappa shape index (κ3) is 3.60. The van der Waals surface area contributed by atoms with Crippen LogP contribution in [0.3, 0.4) is 0 Å². The zero-order valence-electron chi connectivity index (χ0n) is 13.9. The van der Waals surface area contributed by atoms with Gasteiger partial charge in [-0.25, -0.2) is 9.97 Å². The lowest BCUT2D eigenvalue weighted by molar-refractivity contribution is 0.347. The summed E-state index contributed by atoms with van der Waals surface area (Å²) in [5, 5.41) is 10.7. The molecule has 0 spiro atoms. The number of fused-ring (bicyclic) bond motifs is 1. The zero-order chi connectivity index (χ0) is 17.2. The molecule has 2 aliphatic heterocycles. The molecule has 6 nitrogen and oxygen atoms in total. The number of halogens is 1. The van der Waals surface area contributed by atoms with Gasteiger partial charge in [0.25, 0.3) is 0 Å². The fourth-order valence-electron chi connectivity index (χ4n) is 3.72. The van der Waals surface area contributed by atoms with Gasteiger partial charge in [0.05, 0.1) is 11.9 Å². The fourth-order valence-corrected chi connectivity index (χ4v) is 3.78. The number of rotatable bonds is 4. The molecule has 2 aromatic rings. The van der Waals surface area contributed by atoms with E-state index in [2.05, 4.69) is 31.2 Å². The maximum Gasteiger partial charge on any atom is 0.130 e. The molecule has 25 heavy (non-hydrogen) atoms. The van der Waals surface area contributed by atoms with Crippen molar-refractivity contribution in [1.82, 2.24) is 20.3 Å². The lowest BCUT2D eigenvalue weighted by Gasteiger charge is -2.35. The van der Waals surface area contributed by atoms with Crippen LogP contribution in [-0.4, -0.2) is 46.3 Å². The first-order valence-corrected chi connectivity index (χ1v) is 8.96. The molecule has 0 aliphatic carbocycles. The highest BCUT2D eigenvalue weighted by Crippen LogP contribution is 2.30. The monoisotopic (exact) mass is 356 g/mol. The first kappa shape index (κ1) is 16.3. The SMILES string of the molecule is N=C(Cl)/C=C\c1ncc(-c2ccnc(N3CCC4CNCC4C3)c2)[nH]1. The highest BCUT2D eigenvalue weighted by atomic mass is 35.5. The van der Waals surface area contributed by atoms with Crippen LogP contribution < -0.4 is 10.2 Å². The van der Waals surface area contributed by atoms with E-state index in [0.717, 1.165) is 55.1 Å². The molecule has 2 fully saturated rings. The normalized spacial score (nSPS) is 23.2. The Kier molecular flexibility index (Phi) is 4.55. The first-order chi connectivity index (χ1) is 12.2. The van der Waals surface area contributed by atoms with Gasteiger partial charge >= 0.3 is 0 Å². The van der Waals surface area contributed by atoms with Crippen molar-refractivity contribution in [2.75, 3.05) is 31.1 Å². The van der Waals surface area contributed by atoms with Gasteiger partial charge in [-0.3, -0.25) is 5.41 Å². The van der Waals surface area contributed by atoms with Gasteiger partial charge in [-0.15, -0.1) is 0 Å². The number of piperidine rings is 1. The summed E-state index contributed by atoms with van der Waals surface area (Å²) in [6.45, 7) is 4.42. The number of H-pyrrole nitrogens is 1. The molecule has 0 radical (unpaired) electrons. The van der Waals surface area contributed by atoms with E-state index in [4.69, 9.17) is 17.0 Å². The van der Waals surface area contributed by atoms with Gasteiger partial charge in [0.2, 0.25) is 0 Å². The molecule has 0 saturated carbocycles. The summed E-state index contributed by atoms with van der Waals surface area (Å²) in [7, 11) is 0. The highest BCUT2D eigenvalue weighted by Gasteiger charge is 2.33. The van der Waals surface area contributed by atoms with Crippen molar-refractivity contribution in [3.63, 3.8) is 0 Å². The molecule has 0 aromatic carbocycles. The molecular formula is C18H21ClN6. The van der Waals surface area contributed by atoms with E-state index in [-0.39, 0.29) is 5.17 Å². The number of nitrogens with one attached hydrogen (secondary N) is 3. The maximum absolute atomic E-state index is 7.23. The van der Waals surface area contributed by atoms with Crippen LogP contribution in [0.4, 0.5) is 5.82 Å². The van der Waals surface area contributed by atoms with Crippen molar-refractivity contribution in [2.45, 2.75) is 6.42 Å². The maximum atomic E-state index is 7.23. The van der Waals surface area contributed by atoms with E-state index >= 15 is 0 Å². The Labute approximate surface area is 151 Å². The number of hydrogen-bond donors (Lipinski definition) is 3. The number of hydrogen-bond acceptors (Lipinski definition) is 5. The second-order valence-corrected chi connectivity index (χ2v) is 7.09. The number of aromatic amines is 1. The Bertz CT molecular complexity index is 798. The molecule has 7 heteroatoms. The Morgan fingerprint density at radius 3 is 3.08 bits per heavy atom. The summed E-state index contributed by atoms with van der Waals surface area (Å²) in [4.78, 5) is 14.5. The molecule has 0 bridgehead atoms. The average Bonchev–Trinajstić information content (AvgIpc) is 3.28. The van der Waals surface area contributed by atoms with Gasteiger partial charge in [0, 0.05) is 24.8 Å². The second kappa shape index (κ2) is 6.98. The summed E-state index contributed by atoms with van der Waals surface area (Å²) in [6, 6.07) is 4.10. The smallest absolute Gasteiger partial charge is 0.130 e. The van der Waals surface area contributed by atoms with Gasteiger partial charge in [-0.1, -0.05) is 11.6 Å². The quantitative estimate of drug-likeness (QED) is 0.736. The summed E-state index contributed by atoms with van der Waals surface area (Å²) < 4.78 is 0. The van der Waals surface area contributed by atoms with Gasteiger partial charge < -0.3 is 15.2 Å². The van der Waals surface area contributed by atoms with Crippen molar-refractivity contribution in [3.05, 3.63) is 36.4 Å². The largest absolute Gasteiger partial charge is 0.356 e.